The molecule has 1 N–H and O–H groups in total. The maximum Gasteiger partial charge on any atom is 0.390 e. The molecule has 0 aliphatic rings. The van der Waals surface area contributed by atoms with Gasteiger partial charge < -0.3 is 10.2 Å². The van der Waals surface area contributed by atoms with Gasteiger partial charge in [0.25, 0.3) is 0 Å². The first kappa shape index (κ1) is 17.7. The maximum absolute atomic E-state index is 12.2. The molecule has 0 saturated carbocycles. The molecule has 1 unspecified atom stereocenters. The predicted molar refractivity (Wildman–Crippen MR) is 69.7 cm³/mol. The summed E-state index contributed by atoms with van der Waals surface area (Å²) in [6.45, 7) is 8.06. The second-order valence-electron chi connectivity index (χ2n) is 5.34. The average molecular weight is 268 g/mol. The van der Waals surface area contributed by atoms with Crippen molar-refractivity contribution in [1.29, 1.82) is 0 Å². The smallest absolute Gasteiger partial charge is 0.315 e. The van der Waals surface area contributed by atoms with Crippen LogP contribution in [0.15, 0.2) is 0 Å². The summed E-state index contributed by atoms with van der Waals surface area (Å²) < 4.78 is 36.5. The van der Waals surface area contributed by atoms with Crippen molar-refractivity contribution >= 4 is 0 Å². The van der Waals surface area contributed by atoms with Crippen LogP contribution in [0, 0.1) is 5.92 Å². The van der Waals surface area contributed by atoms with Crippen molar-refractivity contribution in [2.75, 3.05) is 26.7 Å². The number of likely N-dealkylation sites (N-methyl/N-ethyl adjacent to an activating group) is 1. The van der Waals surface area contributed by atoms with E-state index in [0.717, 1.165) is 25.9 Å². The molecule has 110 valence electrons. The van der Waals surface area contributed by atoms with Gasteiger partial charge in [-0.15, -0.1) is 0 Å². The molecule has 0 aromatic rings. The van der Waals surface area contributed by atoms with Gasteiger partial charge in [-0.2, -0.15) is 13.2 Å². The molecule has 0 aliphatic heterocycles. The number of rotatable bonds is 9. The summed E-state index contributed by atoms with van der Waals surface area (Å²) in [6.07, 6.45) is -2.87. The van der Waals surface area contributed by atoms with Gasteiger partial charge in [0, 0.05) is 19.1 Å². The van der Waals surface area contributed by atoms with E-state index in [1.54, 1.807) is 7.05 Å². The van der Waals surface area contributed by atoms with Crippen molar-refractivity contribution in [1.82, 2.24) is 10.2 Å². The molecular formula is C13H27F3N2. The lowest BCUT2D eigenvalue weighted by molar-refractivity contribution is -0.138. The van der Waals surface area contributed by atoms with E-state index in [1.807, 2.05) is 4.90 Å². The molecule has 0 radical (unpaired) electrons. The molecule has 0 aromatic heterocycles. The number of nitrogens with zero attached hydrogens (tertiary/aromatic N) is 1. The fraction of sp³-hybridized carbons (Fsp3) is 1.00. The molecule has 0 saturated heterocycles. The Balaban J connectivity index is 4.05. The maximum atomic E-state index is 12.2. The molecule has 0 amide bonds. The molecule has 0 aliphatic carbocycles. The van der Waals surface area contributed by atoms with Crippen LogP contribution in [0.2, 0.25) is 0 Å². The zero-order valence-electron chi connectivity index (χ0n) is 12.0. The predicted octanol–water partition coefficient (Wildman–Crippen LogP) is 3.28. The largest absolute Gasteiger partial charge is 0.390 e. The molecule has 0 bridgehead atoms. The Kier molecular flexibility index (Phi) is 8.61. The molecule has 5 heteroatoms. The Hall–Kier alpha value is -0.290. The van der Waals surface area contributed by atoms with Crippen LogP contribution >= 0.6 is 0 Å². The highest BCUT2D eigenvalue weighted by molar-refractivity contribution is 4.72. The third-order valence-corrected chi connectivity index (χ3v) is 2.93. The van der Waals surface area contributed by atoms with E-state index in [0.29, 0.717) is 5.92 Å². The van der Waals surface area contributed by atoms with Crippen molar-refractivity contribution < 1.29 is 13.2 Å². The lowest BCUT2D eigenvalue weighted by Crippen LogP contribution is -2.42. The average Bonchev–Trinajstić information content (AvgIpc) is 2.23. The number of halogens is 3. The van der Waals surface area contributed by atoms with Crippen molar-refractivity contribution in [3.05, 3.63) is 0 Å². The summed E-state index contributed by atoms with van der Waals surface area (Å²) >= 11 is 0. The standard InChI is InChI=1S/C13H27F3N2/c1-5-6-12(10-17-9-11(2)3)18(4)8-7-13(14,15)16/h11-12,17H,5-10H2,1-4H3. The number of hydrogen-bond acceptors (Lipinski definition) is 2. The van der Waals surface area contributed by atoms with Gasteiger partial charge in [0.2, 0.25) is 0 Å². The van der Waals surface area contributed by atoms with Crippen LogP contribution in [0.25, 0.3) is 0 Å². The first-order chi connectivity index (χ1) is 8.26. The van der Waals surface area contributed by atoms with Crippen molar-refractivity contribution in [3.8, 4) is 0 Å². The van der Waals surface area contributed by atoms with E-state index >= 15 is 0 Å². The summed E-state index contributed by atoms with van der Waals surface area (Å²) in [7, 11) is 1.78. The van der Waals surface area contributed by atoms with Gasteiger partial charge in [-0.25, -0.2) is 0 Å². The van der Waals surface area contributed by atoms with Crippen LogP contribution in [-0.4, -0.2) is 43.8 Å². The number of nitrogens with one attached hydrogen (secondary N) is 1. The molecule has 0 fully saturated rings. The van der Waals surface area contributed by atoms with E-state index in [1.165, 1.54) is 0 Å². The fourth-order valence-electron chi connectivity index (χ4n) is 1.84. The Morgan fingerprint density at radius 3 is 2.22 bits per heavy atom. The number of alkyl halides is 3. The quantitative estimate of drug-likeness (QED) is 0.690. The lowest BCUT2D eigenvalue weighted by atomic mass is 10.1. The second-order valence-corrected chi connectivity index (χ2v) is 5.34. The molecule has 0 spiro atoms. The van der Waals surface area contributed by atoms with E-state index in [-0.39, 0.29) is 12.6 Å². The SMILES string of the molecule is CCCC(CNCC(C)C)N(C)CCC(F)(F)F. The first-order valence-electron chi connectivity index (χ1n) is 6.74. The van der Waals surface area contributed by atoms with Gasteiger partial charge >= 0.3 is 6.18 Å². The monoisotopic (exact) mass is 268 g/mol. The van der Waals surface area contributed by atoms with E-state index in [4.69, 9.17) is 0 Å². The molecule has 0 heterocycles. The zero-order chi connectivity index (χ0) is 14.2. The molecule has 0 rings (SSSR count). The molecule has 18 heavy (non-hydrogen) atoms. The third kappa shape index (κ3) is 9.71. The highest BCUT2D eigenvalue weighted by Crippen LogP contribution is 2.20. The van der Waals surface area contributed by atoms with Gasteiger partial charge in [-0.3, -0.25) is 0 Å². The third-order valence-electron chi connectivity index (χ3n) is 2.93. The molecular weight excluding hydrogens is 241 g/mol. The Labute approximate surface area is 109 Å². The minimum atomic E-state index is -4.06. The molecule has 2 nitrogen and oxygen atoms in total. The van der Waals surface area contributed by atoms with E-state index in [2.05, 4.69) is 26.1 Å². The van der Waals surface area contributed by atoms with Crippen LogP contribution in [0.4, 0.5) is 13.2 Å². The van der Waals surface area contributed by atoms with Crippen molar-refractivity contribution in [3.63, 3.8) is 0 Å². The number of hydrogen-bond donors (Lipinski definition) is 1. The summed E-state index contributed by atoms with van der Waals surface area (Å²) in [6, 6.07) is 0.191. The van der Waals surface area contributed by atoms with Crippen LogP contribution in [-0.2, 0) is 0 Å². The van der Waals surface area contributed by atoms with Crippen LogP contribution < -0.4 is 5.32 Å². The summed E-state index contributed by atoms with van der Waals surface area (Å²) in [5.41, 5.74) is 0. The minimum Gasteiger partial charge on any atom is -0.315 e. The van der Waals surface area contributed by atoms with Gasteiger partial charge in [-0.1, -0.05) is 27.2 Å². The Morgan fingerprint density at radius 2 is 1.78 bits per heavy atom. The summed E-state index contributed by atoms with van der Waals surface area (Å²) in [4.78, 5) is 1.82. The van der Waals surface area contributed by atoms with Crippen LogP contribution in [0.5, 0.6) is 0 Å². The zero-order valence-corrected chi connectivity index (χ0v) is 12.0. The first-order valence-corrected chi connectivity index (χ1v) is 6.74. The normalized spacial score (nSPS) is 14.5. The van der Waals surface area contributed by atoms with Crippen molar-refractivity contribution in [2.24, 2.45) is 5.92 Å². The Morgan fingerprint density at radius 1 is 1.17 bits per heavy atom. The van der Waals surface area contributed by atoms with Crippen LogP contribution in [0.3, 0.4) is 0 Å². The molecule has 0 aromatic carbocycles. The Bertz CT molecular complexity index is 205. The minimum absolute atomic E-state index is 0.0809. The van der Waals surface area contributed by atoms with E-state index < -0.39 is 12.6 Å². The summed E-state index contributed by atoms with van der Waals surface area (Å²) in [5.74, 6) is 0.563. The fourth-order valence-corrected chi connectivity index (χ4v) is 1.84. The van der Waals surface area contributed by atoms with Gasteiger partial charge in [-0.05, 0) is 25.9 Å². The lowest BCUT2D eigenvalue weighted by Gasteiger charge is -2.28. The highest BCUT2D eigenvalue weighted by Gasteiger charge is 2.28. The molecule has 1 atom stereocenters. The van der Waals surface area contributed by atoms with Gasteiger partial charge in [0.1, 0.15) is 0 Å². The summed E-state index contributed by atoms with van der Waals surface area (Å²) in [5, 5.41) is 3.32. The van der Waals surface area contributed by atoms with Crippen LogP contribution in [0.1, 0.15) is 40.0 Å². The second kappa shape index (κ2) is 8.75. The van der Waals surface area contributed by atoms with Crippen molar-refractivity contribution in [2.45, 2.75) is 52.3 Å². The van der Waals surface area contributed by atoms with E-state index in [9.17, 15) is 13.2 Å². The van der Waals surface area contributed by atoms with Gasteiger partial charge in [0.15, 0.2) is 0 Å². The highest BCUT2D eigenvalue weighted by atomic mass is 19.4. The topological polar surface area (TPSA) is 15.3 Å². The van der Waals surface area contributed by atoms with Gasteiger partial charge in [0.05, 0.1) is 6.42 Å².